The van der Waals surface area contributed by atoms with Gasteiger partial charge in [-0.15, -0.1) is 0 Å². The van der Waals surface area contributed by atoms with E-state index in [0.717, 1.165) is 11.8 Å². The van der Waals surface area contributed by atoms with Crippen LogP contribution in [0, 0.1) is 5.82 Å². The summed E-state index contributed by atoms with van der Waals surface area (Å²) in [6.45, 7) is 0.245. The molecule has 1 aromatic rings. The van der Waals surface area contributed by atoms with Crippen molar-refractivity contribution < 1.29 is 12.8 Å². The molecule has 8 heteroatoms. The van der Waals surface area contributed by atoms with E-state index in [2.05, 4.69) is 4.72 Å². The summed E-state index contributed by atoms with van der Waals surface area (Å²) in [6, 6.07) is 2.22. The van der Waals surface area contributed by atoms with E-state index < -0.39 is 20.7 Å². The Morgan fingerprint density at radius 2 is 2.17 bits per heavy atom. The van der Waals surface area contributed by atoms with Crippen LogP contribution in [0.1, 0.15) is 6.42 Å². The van der Waals surface area contributed by atoms with Crippen LogP contribution in [-0.4, -0.2) is 27.0 Å². The molecule has 0 aliphatic carbocycles. The minimum absolute atomic E-state index is 0.103. The quantitative estimate of drug-likeness (QED) is 0.623. The molecule has 0 saturated heterocycles. The predicted molar refractivity (Wildman–Crippen MR) is 74.0 cm³/mol. The largest absolute Gasteiger partial charge is 0.399 e. The molecule has 0 fully saturated rings. The third kappa shape index (κ3) is 4.01. The summed E-state index contributed by atoms with van der Waals surface area (Å²) in [4.78, 5) is -0.517. The van der Waals surface area contributed by atoms with Crippen molar-refractivity contribution in [3.05, 3.63) is 23.0 Å². The molecule has 3 N–H and O–H groups in total. The molecule has 18 heavy (non-hydrogen) atoms. The Morgan fingerprint density at radius 3 is 2.78 bits per heavy atom. The van der Waals surface area contributed by atoms with Crippen LogP contribution in [-0.2, 0) is 10.0 Å². The lowest BCUT2D eigenvalue weighted by Gasteiger charge is -2.09. The molecular formula is C10H14ClFN2O2S2. The number of sulfonamides is 1. The van der Waals surface area contributed by atoms with Crippen molar-refractivity contribution in [1.29, 1.82) is 0 Å². The Bertz CT molecular complexity index is 523. The van der Waals surface area contributed by atoms with Crippen LogP contribution < -0.4 is 10.5 Å². The molecule has 0 heterocycles. The Kier molecular flexibility index (Phi) is 5.71. The summed E-state index contributed by atoms with van der Waals surface area (Å²) in [7, 11) is -3.92. The van der Waals surface area contributed by atoms with Crippen LogP contribution in [0.2, 0.25) is 5.02 Å². The molecule has 0 aliphatic heterocycles. The third-order valence-corrected chi connectivity index (χ3v) is 4.56. The fourth-order valence-corrected chi connectivity index (χ4v) is 3.20. The first-order valence-electron chi connectivity index (χ1n) is 5.11. The number of thioether (sulfide) groups is 1. The fraction of sp³-hybridized carbons (Fsp3) is 0.400. The molecule has 0 amide bonds. The van der Waals surface area contributed by atoms with Gasteiger partial charge in [0.2, 0.25) is 10.0 Å². The monoisotopic (exact) mass is 312 g/mol. The van der Waals surface area contributed by atoms with Crippen molar-refractivity contribution in [3.8, 4) is 0 Å². The summed E-state index contributed by atoms with van der Waals surface area (Å²) in [5.74, 6) is -0.161. The van der Waals surface area contributed by atoms with Gasteiger partial charge in [0.1, 0.15) is 4.90 Å². The number of nitrogen functional groups attached to an aromatic ring is 1. The van der Waals surface area contributed by atoms with E-state index in [1.165, 1.54) is 6.07 Å². The zero-order chi connectivity index (χ0) is 13.8. The SMILES string of the molecule is CSCCCNS(=O)(=O)c1cc(N)cc(Cl)c1F. The van der Waals surface area contributed by atoms with Crippen LogP contribution in [0.3, 0.4) is 0 Å². The molecule has 4 nitrogen and oxygen atoms in total. The highest BCUT2D eigenvalue weighted by atomic mass is 35.5. The zero-order valence-electron chi connectivity index (χ0n) is 9.74. The van der Waals surface area contributed by atoms with Gasteiger partial charge in [0.25, 0.3) is 0 Å². The zero-order valence-corrected chi connectivity index (χ0v) is 12.1. The Hall–Kier alpha value is -0.500. The lowest BCUT2D eigenvalue weighted by molar-refractivity contribution is 0.557. The van der Waals surface area contributed by atoms with Gasteiger partial charge in [-0.05, 0) is 30.6 Å². The van der Waals surface area contributed by atoms with Crippen molar-refractivity contribution in [2.45, 2.75) is 11.3 Å². The molecule has 1 rings (SSSR count). The first-order valence-corrected chi connectivity index (χ1v) is 8.37. The van der Waals surface area contributed by atoms with E-state index in [1.54, 1.807) is 11.8 Å². The van der Waals surface area contributed by atoms with Crippen molar-refractivity contribution in [2.24, 2.45) is 0 Å². The second-order valence-electron chi connectivity index (χ2n) is 3.56. The summed E-state index contributed by atoms with van der Waals surface area (Å²) in [5.41, 5.74) is 5.56. The summed E-state index contributed by atoms with van der Waals surface area (Å²) in [6.07, 6.45) is 2.59. The Morgan fingerprint density at radius 1 is 1.50 bits per heavy atom. The Balaban J connectivity index is 2.91. The maximum absolute atomic E-state index is 13.6. The number of hydrogen-bond donors (Lipinski definition) is 2. The standard InChI is InChI=1S/C10H14ClFN2O2S2/c1-17-4-2-3-14-18(15,16)9-6-7(13)5-8(11)10(9)12/h5-6,14H,2-4,13H2,1H3. The molecule has 0 aliphatic rings. The molecule has 1 aromatic carbocycles. The van der Waals surface area contributed by atoms with Gasteiger partial charge < -0.3 is 5.73 Å². The smallest absolute Gasteiger partial charge is 0.243 e. The maximum Gasteiger partial charge on any atom is 0.243 e. The second-order valence-corrected chi connectivity index (χ2v) is 6.69. The van der Waals surface area contributed by atoms with E-state index in [9.17, 15) is 12.8 Å². The molecule has 102 valence electrons. The first-order chi connectivity index (χ1) is 8.38. The van der Waals surface area contributed by atoms with Gasteiger partial charge >= 0.3 is 0 Å². The van der Waals surface area contributed by atoms with Gasteiger partial charge in [-0.1, -0.05) is 11.6 Å². The van der Waals surface area contributed by atoms with Crippen LogP contribution in [0.25, 0.3) is 0 Å². The fourth-order valence-electron chi connectivity index (χ4n) is 1.28. The van der Waals surface area contributed by atoms with Gasteiger partial charge in [-0.25, -0.2) is 17.5 Å². The van der Waals surface area contributed by atoms with E-state index >= 15 is 0 Å². The lowest BCUT2D eigenvalue weighted by atomic mass is 10.3. The van der Waals surface area contributed by atoms with Crippen LogP contribution in [0.15, 0.2) is 17.0 Å². The molecule has 0 bridgehead atoms. The minimum atomic E-state index is -3.92. The van der Waals surface area contributed by atoms with E-state index in [0.29, 0.717) is 6.42 Å². The van der Waals surface area contributed by atoms with Crippen LogP contribution in [0.5, 0.6) is 0 Å². The van der Waals surface area contributed by atoms with Gasteiger partial charge in [0, 0.05) is 12.2 Å². The van der Waals surface area contributed by atoms with Gasteiger partial charge in [0.05, 0.1) is 5.02 Å². The molecule has 0 aromatic heterocycles. The number of halogens is 2. The molecule has 0 unspecified atom stereocenters. The van der Waals surface area contributed by atoms with Crippen molar-refractivity contribution >= 4 is 39.1 Å². The van der Waals surface area contributed by atoms with Crippen LogP contribution >= 0.6 is 23.4 Å². The summed E-state index contributed by atoms with van der Waals surface area (Å²) in [5, 5.41) is -0.306. The molecule has 0 atom stereocenters. The number of nitrogens with one attached hydrogen (secondary N) is 1. The molecule has 0 saturated carbocycles. The van der Waals surface area contributed by atoms with Crippen molar-refractivity contribution in [2.75, 3.05) is 24.3 Å². The molecule has 0 radical (unpaired) electrons. The topological polar surface area (TPSA) is 72.2 Å². The molecular weight excluding hydrogens is 299 g/mol. The summed E-state index contributed by atoms with van der Waals surface area (Å²) < 4.78 is 39.6. The number of rotatable bonds is 6. The maximum atomic E-state index is 13.6. The van der Waals surface area contributed by atoms with Crippen molar-refractivity contribution in [1.82, 2.24) is 4.72 Å². The highest BCUT2D eigenvalue weighted by molar-refractivity contribution is 7.98. The number of benzene rings is 1. The average molecular weight is 313 g/mol. The van der Waals surface area contributed by atoms with Gasteiger partial charge in [0.15, 0.2) is 5.82 Å². The van der Waals surface area contributed by atoms with Gasteiger partial charge in [-0.2, -0.15) is 11.8 Å². The average Bonchev–Trinajstić information content (AvgIpc) is 2.29. The minimum Gasteiger partial charge on any atom is -0.399 e. The van der Waals surface area contributed by atoms with Crippen LogP contribution in [0.4, 0.5) is 10.1 Å². The highest BCUT2D eigenvalue weighted by Gasteiger charge is 2.21. The van der Waals surface area contributed by atoms with Gasteiger partial charge in [-0.3, -0.25) is 0 Å². The number of nitrogens with two attached hydrogens (primary N) is 1. The van der Waals surface area contributed by atoms with E-state index in [-0.39, 0.29) is 17.3 Å². The third-order valence-electron chi connectivity index (χ3n) is 2.12. The number of anilines is 1. The number of hydrogen-bond acceptors (Lipinski definition) is 4. The highest BCUT2D eigenvalue weighted by Crippen LogP contribution is 2.25. The molecule has 0 spiro atoms. The summed E-state index contributed by atoms with van der Waals surface area (Å²) >= 11 is 7.16. The first kappa shape index (κ1) is 15.6. The van der Waals surface area contributed by atoms with E-state index in [1.807, 2.05) is 6.26 Å². The Labute approximate surface area is 115 Å². The normalized spacial score (nSPS) is 11.7. The lowest BCUT2D eigenvalue weighted by Crippen LogP contribution is -2.26. The second kappa shape index (κ2) is 6.60. The van der Waals surface area contributed by atoms with Crippen molar-refractivity contribution in [3.63, 3.8) is 0 Å². The van der Waals surface area contributed by atoms with E-state index in [4.69, 9.17) is 17.3 Å². The predicted octanol–water partition coefficient (Wildman–Crippen LogP) is 2.09.